The van der Waals surface area contributed by atoms with Crippen LogP contribution in [-0.2, 0) is 9.47 Å². The van der Waals surface area contributed by atoms with Crippen molar-refractivity contribution in [2.45, 2.75) is 39.5 Å². The van der Waals surface area contributed by atoms with Gasteiger partial charge in [-0.15, -0.1) is 0 Å². The summed E-state index contributed by atoms with van der Waals surface area (Å²) in [5.74, 6) is 0. The fraction of sp³-hybridized carbons (Fsp3) is 0.600. The van der Waals surface area contributed by atoms with E-state index in [4.69, 9.17) is 21.1 Å². The Labute approximate surface area is 121 Å². The lowest BCUT2D eigenvalue weighted by molar-refractivity contribution is -0.138. The standard InChI is InChI=1S/C15H24ClNO2/c1-4-18-15(19-5-2)10-11-17-12(3)13-8-6-7-9-14(13)16/h6-9,12,15,17H,4-5,10-11H2,1-3H3. The SMILES string of the molecule is CCOC(CCNC(C)c1ccccc1Cl)OCC. The maximum atomic E-state index is 6.17. The van der Waals surface area contributed by atoms with Crippen molar-refractivity contribution in [2.24, 2.45) is 0 Å². The molecule has 0 saturated heterocycles. The summed E-state index contributed by atoms with van der Waals surface area (Å²) in [5.41, 5.74) is 1.12. The van der Waals surface area contributed by atoms with E-state index in [1.165, 1.54) is 0 Å². The molecule has 1 N–H and O–H groups in total. The van der Waals surface area contributed by atoms with Gasteiger partial charge in [-0.05, 0) is 32.4 Å². The van der Waals surface area contributed by atoms with Gasteiger partial charge in [0.2, 0.25) is 0 Å². The minimum absolute atomic E-state index is 0.124. The van der Waals surface area contributed by atoms with Gasteiger partial charge in [0, 0.05) is 37.2 Å². The molecule has 1 atom stereocenters. The van der Waals surface area contributed by atoms with E-state index in [-0.39, 0.29) is 12.3 Å². The van der Waals surface area contributed by atoms with Crippen LogP contribution in [0.5, 0.6) is 0 Å². The second kappa shape index (κ2) is 9.32. The maximum Gasteiger partial charge on any atom is 0.158 e. The highest BCUT2D eigenvalue weighted by Crippen LogP contribution is 2.22. The number of benzene rings is 1. The zero-order chi connectivity index (χ0) is 14.1. The first-order valence-electron chi connectivity index (χ1n) is 6.90. The first kappa shape index (κ1) is 16.4. The van der Waals surface area contributed by atoms with Gasteiger partial charge >= 0.3 is 0 Å². The summed E-state index contributed by atoms with van der Waals surface area (Å²) < 4.78 is 11.0. The first-order valence-corrected chi connectivity index (χ1v) is 7.27. The molecule has 1 rings (SSSR count). The minimum Gasteiger partial charge on any atom is -0.353 e. The Hall–Kier alpha value is -0.610. The molecule has 0 radical (unpaired) electrons. The van der Waals surface area contributed by atoms with Crippen LogP contribution >= 0.6 is 11.6 Å². The molecular weight excluding hydrogens is 262 g/mol. The van der Waals surface area contributed by atoms with Crippen LogP contribution in [-0.4, -0.2) is 26.0 Å². The van der Waals surface area contributed by atoms with Crippen LogP contribution in [0.4, 0.5) is 0 Å². The molecule has 0 aliphatic heterocycles. The average Bonchev–Trinajstić information content (AvgIpc) is 2.39. The number of rotatable bonds is 9. The normalized spacial score (nSPS) is 12.9. The molecule has 1 aromatic carbocycles. The van der Waals surface area contributed by atoms with Gasteiger partial charge in [-0.25, -0.2) is 0 Å². The Morgan fingerprint density at radius 3 is 2.37 bits per heavy atom. The van der Waals surface area contributed by atoms with Gasteiger partial charge in [0.15, 0.2) is 6.29 Å². The molecule has 0 aromatic heterocycles. The molecule has 0 fully saturated rings. The van der Waals surface area contributed by atoms with Crippen molar-refractivity contribution in [1.82, 2.24) is 5.32 Å². The van der Waals surface area contributed by atoms with Crippen molar-refractivity contribution in [1.29, 1.82) is 0 Å². The van der Waals surface area contributed by atoms with E-state index in [1.807, 2.05) is 38.1 Å². The number of nitrogens with one attached hydrogen (secondary N) is 1. The van der Waals surface area contributed by atoms with Crippen LogP contribution in [0.3, 0.4) is 0 Å². The van der Waals surface area contributed by atoms with Crippen molar-refractivity contribution in [3.63, 3.8) is 0 Å². The van der Waals surface area contributed by atoms with Gasteiger partial charge in [-0.3, -0.25) is 0 Å². The molecule has 4 heteroatoms. The van der Waals surface area contributed by atoms with Gasteiger partial charge in [-0.1, -0.05) is 29.8 Å². The lowest BCUT2D eigenvalue weighted by Gasteiger charge is -2.20. The van der Waals surface area contributed by atoms with E-state index >= 15 is 0 Å². The highest BCUT2D eigenvalue weighted by Gasteiger charge is 2.11. The Balaban J connectivity index is 2.37. The van der Waals surface area contributed by atoms with E-state index in [9.17, 15) is 0 Å². The van der Waals surface area contributed by atoms with Crippen LogP contribution in [0.1, 0.15) is 38.8 Å². The predicted octanol–water partition coefficient (Wildman–Crippen LogP) is 3.78. The monoisotopic (exact) mass is 285 g/mol. The molecule has 0 heterocycles. The summed E-state index contributed by atoms with van der Waals surface area (Å²) in [6.07, 6.45) is 0.706. The van der Waals surface area contributed by atoms with E-state index in [2.05, 4.69) is 12.2 Å². The third-order valence-electron chi connectivity index (χ3n) is 2.91. The van der Waals surface area contributed by atoms with Crippen LogP contribution in [0.25, 0.3) is 0 Å². The van der Waals surface area contributed by atoms with Crippen LogP contribution in [0, 0.1) is 0 Å². The Kier molecular flexibility index (Phi) is 8.07. The summed E-state index contributed by atoms with van der Waals surface area (Å²) in [6, 6.07) is 8.12. The van der Waals surface area contributed by atoms with Crippen molar-refractivity contribution < 1.29 is 9.47 Å². The second-order valence-electron chi connectivity index (χ2n) is 4.33. The largest absolute Gasteiger partial charge is 0.353 e. The molecule has 1 aromatic rings. The lowest BCUT2D eigenvalue weighted by atomic mass is 10.1. The van der Waals surface area contributed by atoms with E-state index in [0.29, 0.717) is 13.2 Å². The molecule has 3 nitrogen and oxygen atoms in total. The topological polar surface area (TPSA) is 30.5 Å². The highest BCUT2D eigenvalue weighted by molar-refractivity contribution is 6.31. The summed E-state index contributed by atoms with van der Waals surface area (Å²) in [5, 5.41) is 4.24. The summed E-state index contributed by atoms with van der Waals surface area (Å²) in [7, 11) is 0. The van der Waals surface area contributed by atoms with E-state index < -0.39 is 0 Å². The zero-order valence-electron chi connectivity index (χ0n) is 12.0. The van der Waals surface area contributed by atoms with Crippen LogP contribution in [0.15, 0.2) is 24.3 Å². The third kappa shape index (κ3) is 5.91. The number of hydrogen-bond acceptors (Lipinski definition) is 3. The van der Waals surface area contributed by atoms with Crippen molar-refractivity contribution in [3.8, 4) is 0 Å². The first-order chi connectivity index (χ1) is 9.19. The van der Waals surface area contributed by atoms with Gasteiger partial charge in [0.1, 0.15) is 0 Å². The highest BCUT2D eigenvalue weighted by atomic mass is 35.5. The molecular formula is C15H24ClNO2. The number of hydrogen-bond donors (Lipinski definition) is 1. The molecule has 0 aliphatic rings. The summed E-state index contributed by atoms with van der Waals surface area (Å²) >= 11 is 6.17. The Morgan fingerprint density at radius 1 is 1.16 bits per heavy atom. The molecule has 108 valence electrons. The fourth-order valence-electron chi connectivity index (χ4n) is 1.94. The smallest absolute Gasteiger partial charge is 0.158 e. The molecule has 0 spiro atoms. The van der Waals surface area contributed by atoms with Gasteiger partial charge in [-0.2, -0.15) is 0 Å². The van der Waals surface area contributed by atoms with Crippen molar-refractivity contribution in [2.75, 3.05) is 19.8 Å². The lowest BCUT2D eigenvalue weighted by Crippen LogP contribution is -2.26. The van der Waals surface area contributed by atoms with Crippen molar-refractivity contribution >= 4 is 11.6 Å². The van der Waals surface area contributed by atoms with Crippen LogP contribution < -0.4 is 5.32 Å². The Morgan fingerprint density at radius 2 is 1.79 bits per heavy atom. The minimum atomic E-state index is -0.124. The molecule has 0 saturated carbocycles. The molecule has 1 unspecified atom stereocenters. The molecule has 0 aliphatic carbocycles. The average molecular weight is 286 g/mol. The third-order valence-corrected chi connectivity index (χ3v) is 3.25. The van der Waals surface area contributed by atoms with Crippen molar-refractivity contribution in [3.05, 3.63) is 34.9 Å². The molecule has 0 bridgehead atoms. The second-order valence-corrected chi connectivity index (χ2v) is 4.73. The van der Waals surface area contributed by atoms with E-state index in [0.717, 1.165) is 23.6 Å². The van der Waals surface area contributed by atoms with Crippen LogP contribution in [0.2, 0.25) is 5.02 Å². The number of ether oxygens (including phenoxy) is 2. The summed E-state index contributed by atoms with van der Waals surface area (Å²) in [4.78, 5) is 0. The zero-order valence-corrected chi connectivity index (χ0v) is 12.7. The van der Waals surface area contributed by atoms with E-state index in [1.54, 1.807) is 0 Å². The van der Waals surface area contributed by atoms with Gasteiger partial charge in [0.25, 0.3) is 0 Å². The molecule has 19 heavy (non-hydrogen) atoms. The van der Waals surface area contributed by atoms with Gasteiger partial charge < -0.3 is 14.8 Å². The molecule has 0 amide bonds. The number of halogens is 1. The summed E-state index contributed by atoms with van der Waals surface area (Å²) in [6.45, 7) is 8.24. The predicted molar refractivity (Wildman–Crippen MR) is 79.5 cm³/mol. The maximum absolute atomic E-state index is 6.17. The fourth-order valence-corrected chi connectivity index (χ4v) is 2.24. The van der Waals surface area contributed by atoms with Gasteiger partial charge in [0.05, 0.1) is 0 Å². The quantitative estimate of drug-likeness (QED) is 0.701. The Bertz CT molecular complexity index is 354.